The van der Waals surface area contributed by atoms with Gasteiger partial charge in [-0.15, -0.1) is 0 Å². The van der Waals surface area contributed by atoms with Crippen LogP contribution in [0, 0.1) is 5.92 Å². The highest BCUT2D eigenvalue weighted by Gasteiger charge is 2.22. The van der Waals surface area contributed by atoms with E-state index >= 15 is 0 Å². The Morgan fingerprint density at radius 2 is 1.83 bits per heavy atom. The van der Waals surface area contributed by atoms with Gasteiger partial charge in [0.05, 0.1) is 12.8 Å². The fourth-order valence-corrected chi connectivity index (χ4v) is 2.82. The second-order valence-corrected chi connectivity index (χ2v) is 5.81. The molecule has 1 aliphatic carbocycles. The molecule has 5 nitrogen and oxygen atoms in total. The first-order chi connectivity index (χ1) is 11.2. The van der Waals surface area contributed by atoms with Crippen LogP contribution in [0.5, 0.6) is 0 Å². The Balaban J connectivity index is 1.53. The van der Waals surface area contributed by atoms with Crippen LogP contribution in [0.15, 0.2) is 47.1 Å². The zero-order valence-electron chi connectivity index (χ0n) is 12.9. The van der Waals surface area contributed by atoms with E-state index in [1.54, 1.807) is 36.6 Å². The average Bonchev–Trinajstić information content (AvgIpc) is 3.26. The molecule has 0 atom stereocenters. The monoisotopic (exact) mass is 312 g/mol. The van der Waals surface area contributed by atoms with Crippen LogP contribution in [0.2, 0.25) is 0 Å². The molecule has 23 heavy (non-hydrogen) atoms. The molecule has 0 saturated heterocycles. The van der Waals surface area contributed by atoms with Crippen LogP contribution in [0.3, 0.4) is 0 Å². The number of hydrogen-bond donors (Lipinski definition) is 2. The molecule has 0 bridgehead atoms. The number of nitrogens with one attached hydrogen (secondary N) is 2. The lowest BCUT2D eigenvalue weighted by molar-refractivity contribution is -0.119. The predicted molar refractivity (Wildman–Crippen MR) is 86.9 cm³/mol. The first kappa shape index (κ1) is 15.3. The van der Waals surface area contributed by atoms with E-state index in [4.69, 9.17) is 4.42 Å². The summed E-state index contributed by atoms with van der Waals surface area (Å²) >= 11 is 0. The summed E-state index contributed by atoms with van der Waals surface area (Å²) in [4.78, 5) is 24.1. The summed E-state index contributed by atoms with van der Waals surface area (Å²) < 4.78 is 5.17. The topological polar surface area (TPSA) is 71.3 Å². The second-order valence-electron chi connectivity index (χ2n) is 5.81. The molecule has 120 valence electrons. The van der Waals surface area contributed by atoms with E-state index in [1.807, 2.05) is 6.07 Å². The van der Waals surface area contributed by atoms with E-state index in [-0.39, 0.29) is 17.7 Å². The maximum Gasteiger partial charge on any atom is 0.251 e. The molecule has 0 radical (unpaired) electrons. The van der Waals surface area contributed by atoms with Gasteiger partial charge in [-0.05, 0) is 49.2 Å². The van der Waals surface area contributed by atoms with E-state index in [0.29, 0.717) is 17.9 Å². The van der Waals surface area contributed by atoms with Gasteiger partial charge in [-0.3, -0.25) is 9.59 Å². The fourth-order valence-electron chi connectivity index (χ4n) is 2.82. The van der Waals surface area contributed by atoms with E-state index in [0.717, 1.165) is 31.4 Å². The molecular formula is C18H20N2O3. The molecule has 1 aromatic carbocycles. The number of carbonyl (C=O) groups is 2. The molecule has 0 unspecified atom stereocenters. The van der Waals surface area contributed by atoms with Crippen molar-refractivity contribution < 1.29 is 14.0 Å². The zero-order chi connectivity index (χ0) is 16.1. The number of amides is 2. The average molecular weight is 312 g/mol. The summed E-state index contributed by atoms with van der Waals surface area (Å²) in [5.41, 5.74) is 1.28. The Labute approximate surface area is 135 Å². The van der Waals surface area contributed by atoms with Gasteiger partial charge >= 0.3 is 0 Å². The van der Waals surface area contributed by atoms with Crippen molar-refractivity contribution in [3.05, 3.63) is 54.0 Å². The molecule has 0 aliphatic heterocycles. The smallest absolute Gasteiger partial charge is 0.251 e. The molecule has 1 aliphatic rings. The largest absolute Gasteiger partial charge is 0.467 e. The lowest BCUT2D eigenvalue weighted by Crippen LogP contribution is -2.23. The number of furan rings is 1. The summed E-state index contributed by atoms with van der Waals surface area (Å²) in [6, 6.07) is 10.5. The lowest BCUT2D eigenvalue weighted by Gasteiger charge is -2.10. The number of hydrogen-bond acceptors (Lipinski definition) is 3. The molecular weight excluding hydrogens is 292 g/mol. The number of anilines is 1. The quantitative estimate of drug-likeness (QED) is 0.889. The van der Waals surface area contributed by atoms with Crippen LogP contribution in [-0.4, -0.2) is 11.8 Å². The molecule has 1 heterocycles. The third-order valence-electron chi connectivity index (χ3n) is 4.14. The highest BCUT2D eigenvalue weighted by atomic mass is 16.3. The highest BCUT2D eigenvalue weighted by molar-refractivity contribution is 5.96. The first-order valence-corrected chi connectivity index (χ1v) is 7.94. The molecule has 2 amide bonds. The molecule has 5 heteroatoms. The molecule has 1 saturated carbocycles. The molecule has 3 rings (SSSR count). The van der Waals surface area contributed by atoms with Crippen molar-refractivity contribution >= 4 is 17.5 Å². The summed E-state index contributed by atoms with van der Waals surface area (Å²) in [5, 5.41) is 5.71. The van der Waals surface area contributed by atoms with Gasteiger partial charge < -0.3 is 15.1 Å². The van der Waals surface area contributed by atoms with Gasteiger partial charge in [0.2, 0.25) is 5.91 Å². The van der Waals surface area contributed by atoms with E-state index in [2.05, 4.69) is 10.6 Å². The van der Waals surface area contributed by atoms with E-state index in [1.165, 1.54) is 0 Å². The third kappa shape index (κ3) is 4.00. The van der Waals surface area contributed by atoms with Gasteiger partial charge in [0.1, 0.15) is 5.76 Å². The van der Waals surface area contributed by atoms with Crippen molar-refractivity contribution in [2.24, 2.45) is 5.92 Å². The van der Waals surface area contributed by atoms with Crippen LogP contribution in [0.25, 0.3) is 0 Å². The molecule has 1 fully saturated rings. The van der Waals surface area contributed by atoms with Crippen molar-refractivity contribution in [2.45, 2.75) is 32.2 Å². The molecule has 0 spiro atoms. The van der Waals surface area contributed by atoms with Gasteiger partial charge in [-0.25, -0.2) is 0 Å². The number of rotatable bonds is 5. The Morgan fingerprint density at radius 3 is 2.48 bits per heavy atom. The highest BCUT2D eigenvalue weighted by Crippen LogP contribution is 2.26. The standard InChI is InChI=1S/C18H20N2O3/c21-17(19-12-16-6-3-11-23-16)14-7-9-15(10-8-14)20-18(22)13-4-1-2-5-13/h3,6-11,13H,1-2,4-5,12H2,(H,19,21)(H,20,22). The summed E-state index contributed by atoms with van der Waals surface area (Å²) in [6.45, 7) is 0.353. The summed E-state index contributed by atoms with van der Waals surface area (Å²) in [5.74, 6) is 0.748. The summed E-state index contributed by atoms with van der Waals surface area (Å²) in [7, 11) is 0. The van der Waals surface area contributed by atoms with Crippen molar-refractivity contribution in [2.75, 3.05) is 5.32 Å². The molecule has 2 aromatic rings. The molecule has 1 aromatic heterocycles. The van der Waals surface area contributed by atoms with Crippen LogP contribution in [-0.2, 0) is 11.3 Å². The minimum Gasteiger partial charge on any atom is -0.467 e. The SMILES string of the molecule is O=C(NCc1ccco1)c1ccc(NC(=O)C2CCCC2)cc1. The van der Waals surface area contributed by atoms with Crippen molar-refractivity contribution in [1.29, 1.82) is 0 Å². The van der Waals surface area contributed by atoms with Gasteiger partial charge in [0.15, 0.2) is 0 Å². The Hall–Kier alpha value is -2.56. The predicted octanol–water partition coefficient (Wildman–Crippen LogP) is 3.34. The van der Waals surface area contributed by atoms with Gasteiger partial charge in [0.25, 0.3) is 5.91 Å². The number of carbonyl (C=O) groups excluding carboxylic acids is 2. The minimum absolute atomic E-state index is 0.0810. The normalized spacial score (nSPS) is 14.6. The van der Waals surface area contributed by atoms with Crippen LogP contribution in [0.4, 0.5) is 5.69 Å². The van der Waals surface area contributed by atoms with Gasteiger partial charge in [-0.1, -0.05) is 12.8 Å². The Morgan fingerprint density at radius 1 is 1.09 bits per heavy atom. The Bertz CT molecular complexity index is 656. The van der Waals surface area contributed by atoms with Gasteiger partial charge in [-0.2, -0.15) is 0 Å². The summed E-state index contributed by atoms with van der Waals surface area (Å²) in [6.07, 6.45) is 5.78. The Kier molecular flexibility index (Phi) is 4.76. The van der Waals surface area contributed by atoms with Crippen molar-refractivity contribution in [1.82, 2.24) is 5.32 Å². The second kappa shape index (κ2) is 7.13. The van der Waals surface area contributed by atoms with Crippen LogP contribution < -0.4 is 10.6 Å². The number of benzene rings is 1. The zero-order valence-corrected chi connectivity index (χ0v) is 12.9. The fraction of sp³-hybridized carbons (Fsp3) is 0.333. The third-order valence-corrected chi connectivity index (χ3v) is 4.14. The van der Waals surface area contributed by atoms with Gasteiger partial charge in [0, 0.05) is 17.2 Å². The first-order valence-electron chi connectivity index (χ1n) is 7.94. The minimum atomic E-state index is -0.171. The van der Waals surface area contributed by atoms with Crippen molar-refractivity contribution in [3.63, 3.8) is 0 Å². The van der Waals surface area contributed by atoms with Crippen LogP contribution in [0.1, 0.15) is 41.8 Å². The van der Waals surface area contributed by atoms with E-state index in [9.17, 15) is 9.59 Å². The molecule has 2 N–H and O–H groups in total. The lowest BCUT2D eigenvalue weighted by atomic mass is 10.1. The van der Waals surface area contributed by atoms with Crippen LogP contribution >= 0.6 is 0 Å². The van der Waals surface area contributed by atoms with E-state index < -0.39 is 0 Å². The maximum absolute atomic E-state index is 12.1. The van der Waals surface area contributed by atoms with Crippen molar-refractivity contribution in [3.8, 4) is 0 Å². The maximum atomic E-state index is 12.1.